The topological polar surface area (TPSA) is 78.3 Å². The summed E-state index contributed by atoms with van der Waals surface area (Å²) in [6.45, 7) is 1.71. The number of carbonyl (C=O) groups is 1. The summed E-state index contributed by atoms with van der Waals surface area (Å²) in [5, 5.41) is 7.73. The molecule has 3 rings (SSSR count). The molecule has 2 aromatic carbocycles. The lowest BCUT2D eigenvalue weighted by Crippen LogP contribution is -2.15. The Balaban J connectivity index is 1.94. The normalized spacial score (nSPS) is 10.6. The summed E-state index contributed by atoms with van der Waals surface area (Å²) < 4.78 is 11.9. The second-order valence-electron chi connectivity index (χ2n) is 5.49. The molecule has 0 aliphatic carbocycles. The van der Waals surface area contributed by atoms with E-state index >= 15 is 0 Å². The van der Waals surface area contributed by atoms with Crippen LogP contribution in [-0.2, 0) is 0 Å². The zero-order valence-corrected chi connectivity index (χ0v) is 16.3. The highest BCUT2D eigenvalue weighted by atomic mass is 35.5. The number of aryl methyl sites for hydroxylation is 1. The molecule has 0 fully saturated rings. The molecule has 27 heavy (non-hydrogen) atoms. The van der Waals surface area contributed by atoms with Crippen molar-refractivity contribution in [2.45, 2.75) is 6.92 Å². The first kappa shape index (κ1) is 19.0. The molecule has 140 valence electrons. The van der Waals surface area contributed by atoms with Gasteiger partial charge in [0.25, 0.3) is 5.91 Å². The quantitative estimate of drug-likeness (QED) is 0.688. The molecule has 0 unspecified atom stereocenters. The second kappa shape index (κ2) is 7.85. The van der Waals surface area contributed by atoms with Crippen molar-refractivity contribution in [3.63, 3.8) is 0 Å². The predicted molar refractivity (Wildman–Crippen MR) is 104 cm³/mol. The summed E-state index contributed by atoms with van der Waals surface area (Å²) in [4.78, 5) is 16.8. The van der Waals surface area contributed by atoms with Crippen molar-refractivity contribution in [3.05, 3.63) is 58.1 Å². The number of hydrogen-bond donors (Lipinski definition) is 1. The van der Waals surface area contributed by atoms with Crippen molar-refractivity contribution in [2.75, 3.05) is 19.5 Å². The standard InChI is InChI=1S/C18H16Cl2N4O3/c1-10-21-17(18(25)22-13-6-4-5-7-15(13)26-2)23-24(10)14-9-16(27-3)12(20)8-11(14)19/h4-9H,1-3H3,(H,22,25). The summed E-state index contributed by atoms with van der Waals surface area (Å²) in [5.41, 5.74) is 1.02. The summed E-state index contributed by atoms with van der Waals surface area (Å²) >= 11 is 12.4. The van der Waals surface area contributed by atoms with E-state index in [9.17, 15) is 4.79 Å². The van der Waals surface area contributed by atoms with E-state index in [1.807, 2.05) is 6.07 Å². The van der Waals surface area contributed by atoms with Crippen molar-refractivity contribution >= 4 is 34.8 Å². The lowest BCUT2D eigenvalue weighted by molar-refractivity contribution is 0.101. The fourth-order valence-corrected chi connectivity index (χ4v) is 3.02. The minimum atomic E-state index is -0.474. The van der Waals surface area contributed by atoms with Crippen molar-refractivity contribution in [1.82, 2.24) is 14.8 Å². The molecule has 0 saturated heterocycles. The number of ether oxygens (including phenoxy) is 2. The predicted octanol–water partition coefficient (Wildman–Crippen LogP) is 4.15. The number of methoxy groups -OCH3 is 2. The molecule has 1 N–H and O–H groups in total. The van der Waals surface area contributed by atoms with E-state index in [1.165, 1.54) is 18.9 Å². The van der Waals surface area contributed by atoms with Crippen LogP contribution in [0.5, 0.6) is 11.5 Å². The maximum absolute atomic E-state index is 12.6. The van der Waals surface area contributed by atoms with E-state index in [-0.39, 0.29) is 5.82 Å². The molecule has 0 spiro atoms. The van der Waals surface area contributed by atoms with Gasteiger partial charge >= 0.3 is 0 Å². The molecular formula is C18H16Cl2N4O3. The molecule has 0 bridgehead atoms. The van der Waals surface area contributed by atoms with E-state index in [0.29, 0.717) is 38.7 Å². The number of amides is 1. The molecule has 1 heterocycles. The fraction of sp³-hybridized carbons (Fsp3) is 0.167. The molecule has 0 atom stereocenters. The van der Waals surface area contributed by atoms with Gasteiger partial charge < -0.3 is 14.8 Å². The number of aromatic nitrogens is 3. The Morgan fingerprint density at radius 2 is 1.78 bits per heavy atom. The Bertz CT molecular complexity index is 1000. The van der Waals surface area contributed by atoms with Crippen molar-refractivity contribution in [2.24, 2.45) is 0 Å². The number of rotatable bonds is 5. The van der Waals surface area contributed by atoms with Gasteiger partial charge in [-0.1, -0.05) is 35.3 Å². The van der Waals surface area contributed by atoms with Crippen LogP contribution in [0.4, 0.5) is 5.69 Å². The molecule has 1 aromatic heterocycles. The first-order chi connectivity index (χ1) is 12.9. The van der Waals surface area contributed by atoms with Crippen LogP contribution in [0.2, 0.25) is 10.0 Å². The van der Waals surface area contributed by atoms with Crippen LogP contribution in [0.15, 0.2) is 36.4 Å². The van der Waals surface area contributed by atoms with Crippen LogP contribution in [0.1, 0.15) is 16.4 Å². The fourth-order valence-electron chi connectivity index (χ4n) is 2.48. The highest BCUT2D eigenvalue weighted by Gasteiger charge is 2.19. The number of carbonyl (C=O) groups excluding carboxylic acids is 1. The van der Waals surface area contributed by atoms with Crippen LogP contribution in [0.3, 0.4) is 0 Å². The van der Waals surface area contributed by atoms with Crippen molar-refractivity contribution in [1.29, 1.82) is 0 Å². The molecular weight excluding hydrogens is 391 g/mol. The third-order valence-corrected chi connectivity index (χ3v) is 4.37. The van der Waals surface area contributed by atoms with E-state index < -0.39 is 5.91 Å². The van der Waals surface area contributed by atoms with Gasteiger partial charge in [0, 0.05) is 6.07 Å². The maximum Gasteiger partial charge on any atom is 0.295 e. The molecule has 0 aliphatic heterocycles. The van der Waals surface area contributed by atoms with Gasteiger partial charge in [-0.3, -0.25) is 4.79 Å². The van der Waals surface area contributed by atoms with Crippen LogP contribution in [-0.4, -0.2) is 34.9 Å². The number of anilines is 1. The SMILES string of the molecule is COc1cc(-n2nc(C(=O)Nc3ccccc3OC)nc2C)c(Cl)cc1Cl. The molecule has 0 aliphatic rings. The van der Waals surface area contributed by atoms with Gasteiger partial charge in [-0.15, -0.1) is 5.10 Å². The van der Waals surface area contributed by atoms with Gasteiger partial charge in [0.1, 0.15) is 17.3 Å². The van der Waals surface area contributed by atoms with E-state index in [0.717, 1.165) is 0 Å². The van der Waals surface area contributed by atoms with Crippen LogP contribution < -0.4 is 14.8 Å². The van der Waals surface area contributed by atoms with Crippen LogP contribution in [0, 0.1) is 6.92 Å². The van der Waals surface area contributed by atoms with Gasteiger partial charge in [-0.25, -0.2) is 9.67 Å². The lowest BCUT2D eigenvalue weighted by Gasteiger charge is -2.10. The van der Waals surface area contributed by atoms with Crippen molar-refractivity contribution < 1.29 is 14.3 Å². The summed E-state index contributed by atoms with van der Waals surface area (Å²) in [7, 11) is 3.03. The zero-order chi connectivity index (χ0) is 19.6. The van der Waals surface area contributed by atoms with E-state index in [2.05, 4.69) is 15.4 Å². The monoisotopic (exact) mass is 406 g/mol. The van der Waals surface area contributed by atoms with Crippen LogP contribution in [0.25, 0.3) is 5.69 Å². The Morgan fingerprint density at radius 1 is 1.07 bits per heavy atom. The van der Waals surface area contributed by atoms with Crippen LogP contribution >= 0.6 is 23.2 Å². The largest absolute Gasteiger partial charge is 0.495 e. The Hall–Kier alpha value is -2.77. The number of benzene rings is 2. The zero-order valence-electron chi connectivity index (χ0n) is 14.8. The molecule has 9 heteroatoms. The first-order valence-corrected chi connectivity index (χ1v) is 8.61. The average molecular weight is 407 g/mol. The minimum absolute atomic E-state index is 0.0108. The molecule has 0 radical (unpaired) electrons. The third-order valence-electron chi connectivity index (χ3n) is 3.78. The maximum atomic E-state index is 12.6. The Labute approximate surface area is 165 Å². The van der Waals surface area contributed by atoms with E-state index in [4.69, 9.17) is 32.7 Å². The summed E-state index contributed by atoms with van der Waals surface area (Å²) in [5.74, 6) is 0.965. The van der Waals surface area contributed by atoms with Gasteiger partial charge in [-0.2, -0.15) is 0 Å². The number of nitrogens with one attached hydrogen (secondary N) is 1. The smallest absolute Gasteiger partial charge is 0.295 e. The van der Waals surface area contributed by atoms with Gasteiger partial charge in [-0.05, 0) is 25.1 Å². The Morgan fingerprint density at radius 3 is 2.48 bits per heavy atom. The lowest BCUT2D eigenvalue weighted by atomic mass is 10.3. The van der Waals surface area contributed by atoms with Gasteiger partial charge in [0.05, 0.1) is 35.6 Å². The number of nitrogens with zero attached hydrogens (tertiary/aromatic N) is 3. The highest BCUT2D eigenvalue weighted by Crippen LogP contribution is 2.33. The van der Waals surface area contributed by atoms with Crippen molar-refractivity contribution in [3.8, 4) is 17.2 Å². The van der Waals surface area contributed by atoms with Gasteiger partial charge in [0.2, 0.25) is 5.82 Å². The number of hydrogen-bond acceptors (Lipinski definition) is 5. The minimum Gasteiger partial charge on any atom is -0.495 e. The molecule has 1 amide bonds. The number of para-hydroxylation sites is 2. The summed E-state index contributed by atoms with van der Waals surface area (Å²) in [6.07, 6.45) is 0. The summed E-state index contributed by atoms with van der Waals surface area (Å²) in [6, 6.07) is 10.2. The molecule has 7 nitrogen and oxygen atoms in total. The Kier molecular flexibility index (Phi) is 5.53. The molecule has 3 aromatic rings. The average Bonchev–Trinajstić information content (AvgIpc) is 3.04. The first-order valence-electron chi connectivity index (χ1n) is 7.86. The molecule has 0 saturated carbocycles. The highest BCUT2D eigenvalue weighted by molar-refractivity contribution is 6.36. The third kappa shape index (κ3) is 3.84. The van der Waals surface area contributed by atoms with Gasteiger partial charge in [0.15, 0.2) is 0 Å². The second-order valence-corrected chi connectivity index (χ2v) is 6.30. The number of halogens is 2. The van der Waals surface area contributed by atoms with E-state index in [1.54, 1.807) is 37.3 Å².